The van der Waals surface area contributed by atoms with Gasteiger partial charge in [-0.2, -0.15) is 4.31 Å². The monoisotopic (exact) mass is 315 g/mol. The Labute approximate surface area is 126 Å². The Balaban J connectivity index is 2.36. The largest absolute Gasteiger partial charge is 0.465 e. The highest BCUT2D eigenvalue weighted by atomic mass is 32.2. The van der Waals surface area contributed by atoms with Crippen LogP contribution in [-0.4, -0.2) is 49.8 Å². The number of sulfonamides is 1. The van der Waals surface area contributed by atoms with E-state index in [-0.39, 0.29) is 17.5 Å². The summed E-state index contributed by atoms with van der Waals surface area (Å²) in [6.45, 7) is 10.5. The zero-order valence-corrected chi connectivity index (χ0v) is 14.0. The van der Waals surface area contributed by atoms with E-state index < -0.39 is 10.0 Å². The van der Waals surface area contributed by atoms with Crippen LogP contribution in [0.25, 0.3) is 0 Å². The van der Waals surface area contributed by atoms with E-state index in [4.69, 9.17) is 10.2 Å². The second-order valence-electron chi connectivity index (χ2n) is 5.57. The maximum Gasteiger partial charge on any atom is 0.246 e. The molecule has 0 amide bonds. The van der Waals surface area contributed by atoms with Crippen molar-refractivity contribution in [2.24, 2.45) is 5.73 Å². The zero-order chi connectivity index (χ0) is 15.8. The second kappa shape index (κ2) is 6.08. The Morgan fingerprint density at radius 1 is 1.29 bits per heavy atom. The van der Waals surface area contributed by atoms with Gasteiger partial charge in [0.05, 0.1) is 0 Å². The average molecular weight is 315 g/mol. The molecule has 0 bridgehead atoms. The normalized spacial score (nSPS) is 21.9. The average Bonchev–Trinajstić information content (AvgIpc) is 2.73. The number of likely N-dealkylation sites (N-methyl/N-ethyl adjacent to an activating group) is 1. The first-order chi connectivity index (χ1) is 9.82. The lowest BCUT2D eigenvalue weighted by molar-refractivity contribution is 0.135. The number of hydrogen-bond donors (Lipinski definition) is 1. The van der Waals surface area contributed by atoms with Crippen molar-refractivity contribution in [1.29, 1.82) is 0 Å². The summed E-state index contributed by atoms with van der Waals surface area (Å²) in [6, 6.07) is 0.216. The van der Waals surface area contributed by atoms with Gasteiger partial charge in [-0.25, -0.2) is 8.42 Å². The minimum absolute atomic E-state index is 0.169. The van der Waals surface area contributed by atoms with E-state index in [1.165, 1.54) is 0 Å². The van der Waals surface area contributed by atoms with Crippen LogP contribution in [0.1, 0.15) is 30.9 Å². The van der Waals surface area contributed by atoms with Gasteiger partial charge in [0.25, 0.3) is 0 Å². The van der Waals surface area contributed by atoms with Gasteiger partial charge in [-0.3, -0.25) is 4.90 Å². The second-order valence-corrected chi connectivity index (χ2v) is 7.44. The Hall–Kier alpha value is -0.890. The lowest BCUT2D eigenvalue weighted by atomic mass is 10.2. The van der Waals surface area contributed by atoms with Crippen molar-refractivity contribution in [3.63, 3.8) is 0 Å². The van der Waals surface area contributed by atoms with E-state index in [1.54, 1.807) is 18.2 Å². The molecule has 21 heavy (non-hydrogen) atoms. The Morgan fingerprint density at radius 2 is 1.95 bits per heavy atom. The van der Waals surface area contributed by atoms with Gasteiger partial charge in [-0.1, -0.05) is 6.92 Å². The van der Waals surface area contributed by atoms with Gasteiger partial charge in [0.2, 0.25) is 10.0 Å². The third-order valence-corrected chi connectivity index (χ3v) is 6.32. The molecule has 1 saturated heterocycles. The molecule has 1 unspecified atom stereocenters. The highest BCUT2D eigenvalue weighted by molar-refractivity contribution is 7.89. The first-order valence-corrected chi connectivity index (χ1v) is 8.80. The molecule has 0 aliphatic carbocycles. The molecule has 6 nitrogen and oxygen atoms in total. The summed E-state index contributed by atoms with van der Waals surface area (Å²) in [5.74, 6) is 1.02. The van der Waals surface area contributed by atoms with E-state index in [1.807, 2.05) is 0 Å². The van der Waals surface area contributed by atoms with Gasteiger partial charge in [0, 0.05) is 37.8 Å². The lowest BCUT2D eigenvalue weighted by Crippen LogP contribution is -2.53. The Kier molecular flexibility index (Phi) is 4.77. The minimum atomic E-state index is -3.55. The molecule has 1 atom stereocenters. The number of nitrogens with two attached hydrogens (primary N) is 1. The van der Waals surface area contributed by atoms with E-state index in [9.17, 15) is 8.42 Å². The quantitative estimate of drug-likeness (QED) is 0.899. The van der Waals surface area contributed by atoms with Crippen molar-refractivity contribution in [3.05, 3.63) is 17.1 Å². The van der Waals surface area contributed by atoms with Crippen molar-refractivity contribution in [2.45, 2.75) is 45.2 Å². The van der Waals surface area contributed by atoms with E-state index in [0.29, 0.717) is 30.2 Å². The molecule has 120 valence electrons. The molecular weight excluding hydrogens is 290 g/mol. The lowest BCUT2D eigenvalue weighted by Gasteiger charge is -2.38. The van der Waals surface area contributed by atoms with Crippen molar-refractivity contribution in [2.75, 3.05) is 26.2 Å². The number of nitrogens with zero attached hydrogens (tertiary/aromatic N) is 2. The summed E-state index contributed by atoms with van der Waals surface area (Å²) < 4.78 is 32.9. The molecule has 2 N–H and O–H groups in total. The molecule has 2 heterocycles. The maximum atomic E-state index is 12.9. The van der Waals surface area contributed by atoms with E-state index >= 15 is 0 Å². The molecule has 1 fully saturated rings. The van der Waals surface area contributed by atoms with Crippen LogP contribution >= 0.6 is 0 Å². The van der Waals surface area contributed by atoms with Crippen molar-refractivity contribution < 1.29 is 12.8 Å². The zero-order valence-electron chi connectivity index (χ0n) is 13.2. The molecule has 0 aromatic carbocycles. The van der Waals surface area contributed by atoms with Crippen LogP contribution < -0.4 is 5.73 Å². The molecule has 0 spiro atoms. The first kappa shape index (κ1) is 16.5. The number of aryl methyl sites for hydroxylation is 2. The number of rotatable bonds is 4. The summed E-state index contributed by atoms with van der Waals surface area (Å²) in [7, 11) is -3.55. The molecule has 1 aromatic rings. The SMILES string of the molecule is CCN1CCN(S(=O)(=O)c2c(C)oc(C)c2CN)CC1C. The van der Waals surface area contributed by atoms with E-state index in [0.717, 1.165) is 13.1 Å². The van der Waals surface area contributed by atoms with Crippen LogP contribution in [0.4, 0.5) is 0 Å². The van der Waals surface area contributed by atoms with Crippen LogP contribution in [0, 0.1) is 13.8 Å². The Bertz CT molecular complexity index is 609. The van der Waals surface area contributed by atoms with Gasteiger partial charge >= 0.3 is 0 Å². The summed E-state index contributed by atoms with van der Waals surface area (Å²) in [4.78, 5) is 2.54. The summed E-state index contributed by atoms with van der Waals surface area (Å²) in [5.41, 5.74) is 6.31. The van der Waals surface area contributed by atoms with Crippen molar-refractivity contribution in [3.8, 4) is 0 Å². The molecule has 1 aliphatic heterocycles. The highest BCUT2D eigenvalue weighted by Crippen LogP contribution is 2.30. The molecule has 2 rings (SSSR count). The summed E-state index contributed by atoms with van der Waals surface area (Å²) >= 11 is 0. The van der Waals surface area contributed by atoms with Gasteiger partial charge in [0.15, 0.2) is 0 Å². The smallest absolute Gasteiger partial charge is 0.246 e. The molecule has 7 heteroatoms. The predicted octanol–water partition coefficient (Wildman–Crippen LogP) is 1.07. The number of hydrogen-bond acceptors (Lipinski definition) is 5. The molecule has 1 aromatic heterocycles. The number of furan rings is 1. The molecule has 0 radical (unpaired) electrons. The van der Waals surface area contributed by atoms with Crippen LogP contribution in [0.5, 0.6) is 0 Å². The first-order valence-electron chi connectivity index (χ1n) is 7.36. The molecular formula is C14H25N3O3S. The summed E-state index contributed by atoms with van der Waals surface area (Å²) in [6.07, 6.45) is 0. The number of piperazine rings is 1. The fraction of sp³-hybridized carbons (Fsp3) is 0.714. The van der Waals surface area contributed by atoms with Gasteiger partial charge < -0.3 is 10.2 Å². The third-order valence-electron chi connectivity index (χ3n) is 4.26. The fourth-order valence-corrected chi connectivity index (χ4v) is 5.00. The van der Waals surface area contributed by atoms with Gasteiger partial charge in [-0.05, 0) is 27.3 Å². The maximum absolute atomic E-state index is 12.9. The van der Waals surface area contributed by atoms with Crippen LogP contribution in [0.3, 0.4) is 0 Å². The summed E-state index contributed by atoms with van der Waals surface area (Å²) in [5, 5.41) is 0. The van der Waals surface area contributed by atoms with Crippen LogP contribution in [0.15, 0.2) is 9.31 Å². The van der Waals surface area contributed by atoms with Crippen molar-refractivity contribution >= 4 is 10.0 Å². The standard InChI is InChI=1S/C14H25N3O3S/c1-5-16-6-7-17(9-10(16)2)21(18,19)14-12(4)20-11(3)13(14)8-15/h10H,5-9,15H2,1-4H3. The highest BCUT2D eigenvalue weighted by Gasteiger charge is 2.35. The van der Waals surface area contributed by atoms with Gasteiger partial charge in [0.1, 0.15) is 16.4 Å². The van der Waals surface area contributed by atoms with Crippen molar-refractivity contribution in [1.82, 2.24) is 9.21 Å². The topological polar surface area (TPSA) is 79.8 Å². The third kappa shape index (κ3) is 2.88. The van der Waals surface area contributed by atoms with Gasteiger partial charge in [-0.15, -0.1) is 0 Å². The minimum Gasteiger partial charge on any atom is -0.465 e. The van der Waals surface area contributed by atoms with Crippen LogP contribution in [0.2, 0.25) is 0 Å². The predicted molar refractivity (Wildman–Crippen MR) is 81.5 cm³/mol. The fourth-order valence-electron chi connectivity index (χ4n) is 3.06. The molecule has 1 aliphatic rings. The van der Waals surface area contributed by atoms with E-state index in [2.05, 4.69) is 18.7 Å². The van der Waals surface area contributed by atoms with Crippen LogP contribution in [-0.2, 0) is 16.6 Å². The Morgan fingerprint density at radius 3 is 2.48 bits per heavy atom. The molecule has 0 saturated carbocycles.